The van der Waals surface area contributed by atoms with E-state index in [-0.39, 0.29) is 31.5 Å². The molecule has 0 saturated carbocycles. The average Bonchev–Trinajstić information content (AvgIpc) is 3.64. The first-order valence-electron chi connectivity index (χ1n) is 14.3. The first-order valence-corrected chi connectivity index (χ1v) is 14.3. The predicted octanol–water partition coefficient (Wildman–Crippen LogP) is 5.00. The Morgan fingerprint density at radius 2 is 1.81 bits per heavy atom. The van der Waals surface area contributed by atoms with E-state index in [4.69, 9.17) is 14.2 Å². The molecular formula is C32H35N3O8. The molecule has 2 aliphatic heterocycles. The van der Waals surface area contributed by atoms with E-state index >= 15 is 0 Å². The standard InChI is InChI=1S/C32H35N3O8/c1-3-4-14-33(17-21-6-5-7-24(15-21)35(39)40)29(36)19-34-18-26(23-10-13-27-28(16-23)43-20-42-27)30(32(37)38)31(34)22-8-11-25(41-2)12-9-22/h5-13,15-16,26,30-31H,3-4,14,17-20H2,1-2H3,(H,37,38). The van der Waals surface area contributed by atoms with Crippen LogP contribution in [0.3, 0.4) is 0 Å². The number of hydrogen-bond donors (Lipinski definition) is 1. The molecule has 0 aromatic heterocycles. The van der Waals surface area contributed by atoms with Gasteiger partial charge < -0.3 is 24.2 Å². The van der Waals surface area contributed by atoms with Crippen LogP contribution in [0.2, 0.25) is 0 Å². The lowest BCUT2D eigenvalue weighted by molar-refractivity contribution is -0.384. The molecule has 3 aromatic rings. The van der Waals surface area contributed by atoms with Gasteiger partial charge in [0.2, 0.25) is 12.7 Å². The number of nitro benzene ring substituents is 1. The minimum Gasteiger partial charge on any atom is -0.497 e. The number of carbonyl (C=O) groups excluding carboxylic acids is 1. The molecule has 0 bridgehead atoms. The van der Waals surface area contributed by atoms with Crippen LogP contribution in [0.4, 0.5) is 5.69 Å². The number of carbonyl (C=O) groups is 2. The third-order valence-electron chi connectivity index (χ3n) is 8.13. The zero-order valence-electron chi connectivity index (χ0n) is 24.2. The largest absolute Gasteiger partial charge is 0.497 e. The van der Waals surface area contributed by atoms with E-state index in [1.807, 2.05) is 36.1 Å². The van der Waals surface area contributed by atoms with Crippen LogP contribution in [0, 0.1) is 16.0 Å². The Kier molecular flexibility index (Phi) is 9.10. The molecule has 3 aromatic carbocycles. The van der Waals surface area contributed by atoms with Gasteiger partial charge >= 0.3 is 5.97 Å². The number of hydrogen-bond acceptors (Lipinski definition) is 8. The summed E-state index contributed by atoms with van der Waals surface area (Å²) < 4.78 is 16.3. The quantitative estimate of drug-likeness (QED) is 0.229. The van der Waals surface area contributed by atoms with Crippen LogP contribution in [0.25, 0.3) is 0 Å². The summed E-state index contributed by atoms with van der Waals surface area (Å²) in [5.74, 6) is -0.576. The molecule has 11 heteroatoms. The van der Waals surface area contributed by atoms with Gasteiger partial charge in [0, 0.05) is 43.7 Å². The number of rotatable bonds is 12. The van der Waals surface area contributed by atoms with Crippen LogP contribution in [-0.4, -0.2) is 65.2 Å². The number of benzene rings is 3. The Balaban J connectivity index is 1.47. The zero-order valence-corrected chi connectivity index (χ0v) is 24.2. The average molecular weight is 590 g/mol. The summed E-state index contributed by atoms with van der Waals surface area (Å²) in [6.07, 6.45) is 1.63. The van der Waals surface area contributed by atoms with Crippen molar-refractivity contribution in [2.45, 2.75) is 38.3 Å². The van der Waals surface area contributed by atoms with E-state index in [1.54, 1.807) is 42.3 Å². The van der Waals surface area contributed by atoms with E-state index in [2.05, 4.69) is 0 Å². The summed E-state index contributed by atoms with van der Waals surface area (Å²) >= 11 is 0. The molecule has 1 N–H and O–H groups in total. The minimum atomic E-state index is -0.960. The number of aliphatic carboxylic acids is 1. The molecule has 0 radical (unpaired) electrons. The maximum absolute atomic E-state index is 13.9. The summed E-state index contributed by atoms with van der Waals surface area (Å²) in [5.41, 5.74) is 2.19. The lowest BCUT2D eigenvalue weighted by atomic mass is 9.82. The van der Waals surface area contributed by atoms with Crippen LogP contribution >= 0.6 is 0 Å². The second-order valence-electron chi connectivity index (χ2n) is 10.8. The van der Waals surface area contributed by atoms with E-state index in [9.17, 15) is 24.8 Å². The van der Waals surface area contributed by atoms with Gasteiger partial charge in [-0.1, -0.05) is 43.7 Å². The number of nitrogens with zero attached hydrogens (tertiary/aromatic N) is 3. The lowest BCUT2D eigenvalue weighted by Crippen LogP contribution is -2.41. The van der Waals surface area contributed by atoms with Crippen molar-refractivity contribution in [1.82, 2.24) is 9.80 Å². The number of likely N-dealkylation sites (tertiary alicyclic amines) is 1. The van der Waals surface area contributed by atoms with Crippen molar-refractivity contribution >= 4 is 17.6 Å². The van der Waals surface area contributed by atoms with Crippen LogP contribution in [-0.2, 0) is 16.1 Å². The molecule has 11 nitrogen and oxygen atoms in total. The maximum atomic E-state index is 13.9. The normalized spacial score (nSPS) is 19.3. The minimum absolute atomic E-state index is 0.0137. The van der Waals surface area contributed by atoms with Gasteiger partial charge in [-0.25, -0.2) is 0 Å². The predicted molar refractivity (Wildman–Crippen MR) is 157 cm³/mol. The summed E-state index contributed by atoms with van der Waals surface area (Å²) in [4.78, 5) is 41.3. The Morgan fingerprint density at radius 3 is 2.51 bits per heavy atom. The monoisotopic (exact) mass is 589 g/mol. The summed E-state index contributed by atoms with van der Waals surface area (Å²) in [6, 6.07) is 18.5. The molecule has 226 valence electrons. The molecular weight excluding hydrogens is 554 g/mol. The SMILES string of the molecule is CCCCN(Cc1cccc([N+](=O)[O-])c1)C(=O)CN1CC(c2ccc3c(c2)OCO3)C(C(=O)O)C1c1ccc(OC)cc1. The maximum Gasteiger partial charge on any atom is 0.309 e. The van der Waals surface area contributed by atoms with E-state index in [0.29, 0.717) is 35.9 Å². The highest BCUT2D eigenvalue weighted by Gasteiger charge is 2.48. The fraction of sp³-hybridized carbons (Fsp3) is 0.375. The van der Waals surface area contributed by atoms with Gasteiger partial charge in [0.25, 0.3) is 5.69 Å². The molecule has 2 aliphatic rings. The Labute approximate surface area is 249 Å². The second-order valence-corrected chi connectivity index (χ2v) is 10.8. The van der Waals surface area contributed by atoms with Crippen molar-refractivity contribution in [3.8, 4) is 17.2 Å². The van der Waals surface area contributed by atoms with Crippen molar-refractivity contribution in [1.29, 1.82) is 0 Å². The number of carboxylic acid groups (broad SMARTS) is 1. The number of ether oxygens (including phenoxy) is 3. The molecule has 43 heavy (non-hydrogen) atoms. The molecule has 0 aliphatic carbocycles. The molecule has 0 spiro atoms. The number of fused-ring (bicyclic) bond motifs is 1. The summed E-state index contributed by atoms with van der Waals surface area (Å²) in [7, 11) is 1.57. The van der Waals surface area contributed by atoms with Crippen molar-refractivity contribution in [3.05, 3.63) is 93.5 Å². The number of nitro groups is 1. The van der Waals surface area contributed by atoms with Crippen LogP contribution in [0.1, 0.15) is 48.4 Å². The van der Waals surface area contributed by atoms with Crippen LogP contribution in [0.15, 0.2) is 66.7 Å². The molecule has 2 heterocycles. The number of methoxy groups -OCH3 is 1. The van der Waals surface area contributed by atoms with E-state index < -0.39 is 28.8 Å². The van der Waals surface area contributed by atoms with Gasteiger partial charge in [0.05, 0.1) is 24.5 Å². The van der Waals surface area contributed by atoms with Gasteiger partial charge in [-0.2, -0.15) is 0 Å². The van der Waals surface area contributed by atoms with Crippen molar-refractivity contribution in [3.63, 3.8) is 0 Å². The first-order chi connectivity index (χ1) is 20.8. The summed E-state index contributed by atoms with van der Waals surface area (Å²) in [6.45, 7) is 3.16. The lowest BCUT2D eigenvalue weighted by Gasteiger charge is -2.30. The van der Waals surface area contributed by atoms with Gasteiger partial charge in [0.1, 0.15) is 5.75 Å². The van der Waals surface area contributed by atoms with Crippen LogP contribution in [0.5, 0.6) is 17.2 Å². The molecule has 1 amide bonds. The Morgan fingerprint density at radius 1 is 1.07 bits per heavy atom. The van der Waals surface area contributed by atoms with E-state index in [0.717, 1.165) is 24.0 Å². The number of unbranched alkanes of at least 4 members (excludes halogenated alkanes) is 1. The Hall–Kier alpha value is -4.64. The van der Waals surface area contributed by atoms with Gasteiger partial charge in [0.15, 0.2) is 11.5 Å². The molecule has 1 fully saturated rings. The highest BCUT2D eigenvalue weighted by Crippen LogP contribution is 2.47. The number of amides is 1. The highest BCUT2D eigenvalue weighted by molar-refractivity contribution is 5.79. The van der Waals surface area contributed by atoms with Gasteiger partial charge in [-0.05, 0) is 47.4 Å². The van der Waals surface area contributed by atoms with Crippen molar-refractivity contribution in [2.75, 3.05) is 33.5 Å². The van der Waals surface area contributed by atoms with Crippen molar-refractivity contribution < 1.29 is 33.8 Å². The molecule has 5 rings (SSSR count). The zero-order chi connectivity index (χ0) is 30.5. The first kappa shape index (κ1) is 29.8. The molecule has 3 atom stereocenters. The number of carboxylic acids is 1. The summed E-state index contributed by atoms with van der Waals surface area (Å²) in [5, 5.41) is 21.9. The van der Waals surface area contributed by atoms with E-state index in [1.165, 1.54) is 12.1 Å². The molecule has 3 unspecified atom stereocenters. The van der Waals surface area contributed by atoms with Gasteiger partial charge in [-0.3, -0.25) is 24.6 Å². The van der Waals surface area contributed by atoms with Gasteiger partial charge in [-0.15, -0.1) is 0 Å². The number of non-ortho nitro benzene ring substituents is 1. The molecule has 1 saturated heterocycles. The smallest absolute Gasteiger partial charge is 0.309 e. The van der Waals surface area contributed by atoms with Crippen molar-refractivity contribution in [2.24, 2.45) is 5.92 Å². The van der Waals surface area contributed by atoms with Crippen LogP contribution < -0.4 is 14.2 Å². The fourth-order valence-electron chi connectivity index (χ4n) is 5.98. The Bertz CT molecular complexity index is 1480. The fourth-order valence-corrected chi connectivity index (χ4v) is 5.98. The third-order valence-corrected chi connectivity index (χ3v) is 8.13. The third kappa shape index (κ3) is 6.56. The second kappa shape index (κ2) is 13.1. The highest BCUT2D eigenvalue weighted by atomic mass is 16.7. The topological polar surface area (TPSA) is 132 Å².